The van der Waals surface area contributed by atoms with Gasteiger partial charge in [0.05, 0.1) is 0 Å². The van der Waals surface area contributed by atoms with E-state index in [1.807, 2.05) is 0 Å². The zero-order valence-corrected chi connectivity index (χ0v) is 11.0. The van der Waals surface area contributed by atoms with Gasteiger partial charge in [-0.15, -0.1) is 0 Å². The average molecular weight is 239 g/mol. The molecule has 0 radical (unpaired) electrons. The summed E-state index contributed by atoms with van der Waals surface area (Å²) in [6.07, 6.45) is 4.24. The molecular formula is C13H25N3O. The van der Waals surface area contributed by atoms with Crippen LogP contribution >= 0.6 is 0 Å². The van der Waals surface area contributed by atoms with E-state index in [1.54, 1.807) is 0 Å². The van der Waals surface area contributed by atoms with Crippen molar-refractivity contribution in [2.75, 3.05) is 13.1 Å². The molecule has 2 unspecified atom stereocenters. The van der Waals surface area contributed by atoms with Gasteiger partial charge in [0.2, 0.25) is 5.91 Å². The van der Waals surface area contributed by atoms with Gasteiger partial charge in [0.1, 0.15) is 0 Å². The highest BCUT2D eigenvalue weighted by Crippen LogP contribution is 2.29. The predicted molar refractivity (Wildman–Crippen MR) is 68.6 cm³/mol. The van der Waals surface area contributed by atoms with E-state index >= 15 is 0 Å². The van der Waals surface area contributed by atoms with Crippen molar-refractivity contribution in [2.24, 2.45) is 11.7 Å². The van der Waals surface area contributed by atoms with E-state index < -0.39 is 0 Å². The van der Waals surface area contributed by atoms with E-state index in [0.29, 0.717) is 18.4 Å². The fourth-order valence-electron chi connectivity index (χ4n) is 2.41. The maximum Gasteiger partial charge on any atom is 0.221 e. The molecule has 1 heterocycles. The molecule has 0 spiro atoms. The van der Waals surface area contributed by atoms with Gasteiger partial charge in [-0.05, 0) is 25.2 Å². The Morgan fingerprint density at radius 2 is 2.12 bits per heavy atom. The Bertz CT molecular complexity index is 276. The summed E-state index contributed by atoms with van der Waals surface area (Å²) in [4.78, 5) is 14.3. The Morgan fingerprint density at radius 1 is 1.41 bits per heavy atom. The van der Waals surface area contributed by atoms with Gasteiger partial charge in [0.25, 0.3) is 0 Å². The number of nitrogens with one attached hydrogen (secondary N) is 1. The van der Waals surface area contributed by atoms with Crippen LogP contribution in [0.3, 0.4) is 0 Å². The summed E-state index contributed by atoms with van der Waals surface area (Å²) >= 11 is 0. The zero-order chi connectivity index (χ0) is 12.4. The summed E-state index contributed by atoms with van der Waals surface area (Å²) in [7, 11) is 0. The van der Waals surface area contributed by atoms with Crippen molar-refractivity contribution in [1.82, 2.24) is 10.2 Å². The molecule has 1 saturated carbocycles. The lowest BCUT2D eigenvalue weighted by molar-refractivity contribution is -0.122. The Hall–Kier alpha value is -0.610. The first-order chi connectivity index (χ1) is 8.06. The second-order valence-corrected chi connectivity index (χ2v) is 5.89. The van der Waals surface area contributed by atoms with Crippen molar-refractivity contribution < 1.29 is 4.79 Å². The molecule has 3 N–H and O–H groups in total. The molecule has 1 saturated heterocycles. The molecular weight excluding hydrogens is 214 g/mol. The van der Waals surface area contributed by atoms with Gasteiger partial charge >= 0.3 is 0 Å². The third kappa shape index (κ3) is 3.68. The smallest absolute Gasteiger partial charge is 0.221 e. The molecule has 0 aromatic heterocycles. The number of hydrogen-bond acceptors (Lipinski definition) is 3. The van der Waals surface area contributed by atoms with Crippen LogP contribution in [0.25, 0.3) is 0 Å². The third-order valence-electron chi connectivity index (χ3n) is 3.93. The van der Waals surface area contributed by atoms with Crippen LogP contribution in [0.2, 0.25) is 0 Å². The molecule has 4 heteroatoms. The van der Waals surface area contributed by atoms with Crippen molar-refractivity contribution in [1.29, 1.82) is 0 Å². The molecule has 2 rings (SSSR count). The summed E-state index contributed by atoms with van der Waals surface area (Å²) < 4.78 is 0. The molecule has 1 aliphatic carbocycles. The molecule has 17 heavy (non-hydrogen) atoms. The minimum absolute atomic E-state index is 0.0176. The van der Waals surface area contributed by atoms with Crippen molar-refractivity contribution in [3.63, 3.8) is 0 Å². The Kier molecular flexibility index (Phi) is 4.05. The van der Waals surface area contributed by atoms with Crippen LogP contribution in [0, 0.1) is 5.92 Å². The van der Waals surface area contributed by atoms with Gasteiger partial charge in [0, 0.05) is 37.6 Å². The second-order valence-electron chi connectivity index (χ2n) is 5.89. The molecule has 2 atom stereocenters. The number of nitrogens with zero attached hydrogens (tertiary/aromatic N) is 1. The summed E-state index contributed by atoms with van der Waals surface area (Å²) in [6, 6.07) is 1.15. The van der Waals surface area contributed by atoms with E-state index in [-0.39, 0.29) is 11.9 Å². The Morgan fingerprint density at radius 3 is 2.71 bits per heavy atom. The van der Waals surface area contributed by atoms with E-state index in [9.17, 15) is 4.79 Å². The highest BCUT2D eigenvalue weighted by molar-refractivity contribution is 5.77. The zero-order valence-electron chi connectivity index (χ0n) is 11.0. The van der Waals surface area contributed by atoms with Crippen LogP contribution in [0.1, 0.15) is 39.5 Å². The average Bonchev–Trinajstić information content (AvgIpc) is 3.00. The van der Waals surface area contributed by atoms with Crippen LogP contribution in [0.5, 0.6) is 0 Å². The van der Waals surface area contributed by atoms with Crippen LogP contribution in [-0.4, -0.2) is 42.0 Å². The standard InChI is InChI=1S/C13H25N3O/c1-9(2)12(14)7-13(17)15-10-5-6-16(8-10)11-3-4-11/h9-12H,3-8,14H2,1-2H3,(H,15,17). The van der Waals surface area contributed by atoms with E-state index in [2.05, 4.69) is 24.1 Å². The molecule has 0 aromatic carbocycles. The largest absolute Gasteiger partial charge is 0.352 e. The molecule has 4 nitrogen and oxygen atoms in total. The third-order valence-corrected chi connectivity index (χ3v) is 3.93. The molecule has 98 valence electrons. The molecule has 0 bridgehead atoms. The normalized spacial score (nSPS) is 27.4. The van der Waals surface area contributed by atoms with Gasteiger partial charge < -0.3 is 11.1 Å². The first-order valence-corrected chi connectivity index (χ1v) is 6.85. The van der Waals surface area contributed by atoms with Gasteiger partial charge in [-0.25, -0.2) is 0 Å². The van der Waals surface area contributed by atoms with E-state index in [1.165, 1.54) is 12.8 Å². The number of hydrogen-bond donors (Lipinski definition) is 2. The highest BCUT2D eigenvalue weighted by atomic mass is 16.1. The number of amides is 1. The summed E-state index contributed by atoms with van der Waals surface area (Å²) in [5, 5.41) is 3.12. The van der Waals surface area contributed by atoms with Crippen LogP contribution in [0.4, 0.5) is 0 Å². The second kappa shape index (κ2) is 5.36. The van der Waals surface area contributed by atoms with Gasteiger partial charge in [-0.2, -0.15) is 0 Å². The molecule has 1 aliphatic heterocycles. The SMILES string of the molecule is CC(C)C(N)CC(=O)NC1CCN(C2CC2)C1. The topological polar surface area (TPSA) is 58.4 Å². The van der Waals surface area contributed by atoms with Gasteiger partial charge in [0.15, 0.2) is 0 Å². The van der Waals surface area contributed by atoms with Crippen LogP contribution < -0.4 is 11.1 Å². The lowest BCUT2D eigenvalue weighted by Gasteiger charge is -2.18. The molecule has 1 amide bonds. The maximum atomic E-state index is 11.8. The van der Waals surface area contributed by atoms with Gasteiger partial charge in [-0.3, -0.25) is 9.69 Å². The molecule has 2 fully saturated rings. The first-order valence-electron chi connectivity index (χ1n) is 6.85. The van der Waals surface area contributed by atoms with Crippen LogP contribution in [0.15, 0.2) is 0 Å². The lowest BCUT2D eigenvalue weighted by atomic mass is 10.0. The summed E-state index contributed by atoms with van der Waals surface area (Å²) in [5.41, 5.74) is 5.91. The highest BCUT2D eigenvalue weighted by Gasteiger charge is 2.34. The van der Waals surface area contributed by atoms with Crippen molar-refractivity contribution in [2.45, 2.75) is 57.7 Å². The number of likely N-dealkylation sites (tertiary alicyclic amines) is 1. The number of nitrogens with two attached hydrogens (primary N) is 1. The van der Waals surface area contributed by atoms with Crippen LogP contribution in [-0.2, 0) is 4.79 Å². The van der Waals surface area contributed by atoms with E-state index in [4.69, 9.17) is 5.73 Å². The van der Waals surface area contributed by atoms with Crippen molar-refractivity contribution in [3.05, 3.63) is 0 Å². The van der Waals surface area contributed by atoms with Crippen molar-refractivity contribution in [3.8, 4) is 0 Å². The monoisotopic (exact) mass is 239 g/mol. The van der Waals surface area contributed by atoms with Gasteiger partial charge in [-0.1, -0.05) is 13.8 Å². The quantitative estimate of drug-likeness (QED) is 0.743. The number of rotatable bonds is 5. The minimum atomic E-state index is -0.0176. The summed E-state index contributed by atoms with van der Waals surface area (Å²) in [5.74, 6) is 0.487. The van der Waals surface area contributed by atoms with E-state index in [0.717, 1.165) is 25.6 Å². The predicted octanol–water partition coefficient (Wildman–Crippen LogP) is 0.713. The maximum absolute atomic E-state index is 11.8. The summed E-state index contributed by atoms with van der Waals surface area (Å²) in [6.45, 7) is 6.30. The minimum Gasteiger partial charge on any atom is -0.352 e. The fraction of sp³-hybridized carbons (Fsp3) is 0.923. The molecule has 2 aliphatic rings. The van der Waals surface area contributed by atoms with Crippen molar-refractivity contribution >= 4 is 5.91 Å². The molecule has 0 aromatic rings. The number of carbonyl (C=O) groups is 1. The lowest BCUT2D eigenvalue weighted by Crippen LogP contribution is -2.41. The Labute approximate surface area is 104 Å². The number of carbonyl (C=O) groups excluding carboxylic acids is 1. The first kappa shape index (κ1) is 12.8. The fourth-order valence-corrected chi connectivity index (χ4v) is 2.41. The Balaban J connectivity index is 1.68.